The van der Waals surface area contributed by atoms with Gasteiger partial charge in [0.2, 0.25) is 5.91 Å². The molecule has 2 aliphatic rings. The predicted molar refractivity (Wildman–Crippen MR) is 109 cm³/mol. The van der Waals surface area contributed by atoms with Crippen molar-refractivity contribution in [2.45, 2.75) is 44.2 Å². The Morgan fingerprint density at radius 2 is 1.97 bits per heavy atom. The van der Waals surface area contributed by atoms with Crippen molar-refractivity contribution in [3.63, 3.8) is 0 Å². The van der Waals surface area contributed by atoms with E-state index in [0.717, 1.165) is 37.3 Å². The highest BCUT2D eigenvalue weighted by Gasteiger charge is 2.47. The van der Waals surface area contributed by atoms with Crippen LogP contribution < -0.4 is 20.7 Å². The van der Waals surface area contributed by atoms with E-state index in [1.165, 1.54) is 0 Å². The molecule has 3 rings (SSSR count). The van der Waals surface area contributed by atoms with Crippen LogP contribution in [0.5, 0.6) is 5.75 Å². The van der Waals surface area contributed by atoms with Gasteiger partial charge in [0.15, 0.2) is 5.72 Å². The Labute approximate surface area is 175 Å². The quantitative estimate of drug-likeness (QED) is 0.495. The number of anilines is 1. The molecule has 1 aromatic rings. The van der Waals surface area contributed by atoms with Gasteiger partial charge in [0, 0.05) is 0 Å². The second-order valence-corrected chi connectivity index (χ2v) is 8.09. The van der Waals surface area contributed by atoms with Crippen LogP contribution in [0.4, 0.5) is 5.69 Å². The van der Waals surface area contributed by atoms with Crippen molar-refractivity contribution in [2.75, 3.05) is 24.5 Å². The summed E-state index contributed by atoms with van der Waals surface area (Å²) < 4.78 is 5.92. The van der Waals surface area contributed by atoms with Gasteiger partial charge in [-0.2, -0.15) is 0 Å². The maximum atomic E-state index is 12.9. The number of rotatable bonds is 8. The molecule has 0 radical (unpaired) electrons. The van der Waals surface area contributed by atoms with E-state index < -0.39 is 42.5 Å². The van der Waals surface area contributed by atoms with E-state index in [4.69, 9.17) is 10.5 Å². The number of nitrogens with one attached hydrogen (secondary N) is 1. The fourth-order valence-electron chi connectivity index (χ4n) is 4.33. The number of carbonyl (C=O) groups excluding carboxylic acids is 1. The number of ether oxygens (including phenoxy) is 1. The van der Waals surface area contributed by atoms with E-state index in [1.54, 1.807) is 24.3 Å². The molecule has 0 saturated carbocycles. The second kappa shape index (κ2) is 9.44. The molecule has 2 heterocycles. The fraction of sp³-hybridized carbons (Fsp3) is 0.571. The van der Waals surface area contributed by atoms with E-state index in [9.17, 15) is 24.6 Å². The Hall–Kier alpha value is -2.65. The highest BCUT2D eigenvalue weighted by Crippen LogP contribution is 2.39. The lowest BCUT2D eigenvalue weighted by Crippen LogP contribution is -2.57. The third-order valence-corrected chi connectivity index (χ3v) is 5.93. The molecule has 2 atom stereocenters. The number of piperidine rings is 1. The van der Waals surface area contributed by atoms with E-state index in [2.05, 4.69) is 5.32 Å². The minimum Gasteiger partial charge on any atom is -0.481 e. The van der Waals surface area contributed by atoms with Gasteiger partial charge in [0.05, 0.1) is 12.1 Å². The number of nitrogens with two attached hydrogens (primary N) is 1. The summed E-state index contributed by atoms with van der Waals surface area (Å²) in [7, 11) is 0. The van der Waals surface area contributed by atoms with Gasteiger partial charge < -0.3 is 20.3 Å². The lowest BCUT2D eigenvalue weighted by molar-refractivity contribution is -0.152. The molecule has 9 heteroatoms. The summed E-state index contributed by atoms with van der Waals surface area (Å²) in [4.78, 5) is 37.3. The number of hydrogen-bond acceptors (Lipinski definition) is 6. The van der Waals surface area contributed by atoms with Crippen molar-refractivity contribution in [1.82, 2.24) is 5.32 Å². The summed E-state index contributed by atoms with van der Waals surface area (Å²) in [6, 6.07) is 6.45. The summed E-state index contributed by atoms with van der Waals surface area (Å²) in [6.45, 7) is 1.39. The summed E-state index contributed by atoms with van der Waals surface area (Å²) >= 11 is 0. The Kier molecular flexibility index (Phi) is 6.94. The van der Waals surface area contributed by atoms with Gasteiger partial charge in [-0.3, -0.25) is 25.0 Å². The molecule has 2 aliphatic heterocycles. The zero-order valence-electron chi connectivity index (χ0n) is 16.9. The van der Waals surface area contributed by atoms with Crippen LogP contribution in [0.25, 0.3) is 0 Å². The predicted octanol–water partition coefficient (Wildman–Crippen LogP) is 1.41. The molecule has 1 saturated heterocycles. The maximum absolute atomic E-state index is 12.9. The Morgan fingerprint density at radius 3 is 2.63 bits per heavy atom. The first-order chi connectivity index (χ1) is 14.3. The SMILES string of the molecule is N[C@@]1(C(CCCC2CCNCC2)C(=O)O)CC(=O)N(CC(=O)O)c2ccccc2O1. The third kappa shape index (κ3) is 5.09. The maximum Gasteiger partial charge on any atom is 0.323 e. The molecule has 0 aliphatic carbocycles. The average molecular weight is 419 g/mol. The van der Waals surface area contributed by atoms with Crippen LogP contribution in [-0.4, -0.2) is 53.4 Å². The number of benzene rings is 1. The monoisotopic (exact) mass is 419 g/mol. The average Bonchev–Trinajstić information content (AvgIpc) is 2.80. The molecule has 5 N–H and O–H groups in total. The molecule has 1 amide bonds. The summed E-state index contributed by atoms with van der Waals surface area (Å²) in [5.74, 6) is -3.22. The lowest BCUT2D eigenvalue weighted by atomic mass is 9.85. The molecule has 1 aromatic carbocycles. The summed E-state index contributed by atoms with van der Waals surface area (Å²) in [6.07, 6.45) is 3.56. The molecule has 0 bridgehead atoms. The van der Waals surface area contributed by atoms with Crippen LogP contribution in [-0.2, 0) is 14.4 Å². The third-order valence-electron chi connectivity index (χ3n) is 5.93. The van der Waals surface area contributed by atoms with Crippen LogP contribution in [0.2, 0.25) is 0 Å². The van der Waals surface area contributed by atoms with Crippen molar-refractivity contribution in [3.05, 3.63) is 24.3 Å². The molecular weight excluding hydrogens is 390 g/mol. The van der Waals surface area contributed by atoms with E-state index in [1.807, 2.05) is 0 Å². The van der Waals surface area contributed by atoms with Crippen molar-refractivity contribution >= 4 is 23.5 Å². The van der Waals surface area contributed by atoms with Gasteiger partial charge in [-0.15, -0.1) is 0 Å². The number of carboxylic acids is 2. The van der Waals surface area contributed by atoms with Gasteiger partial charge in [-0.1, -0.05) is 25.0 Å². The smallest absolute Gasteiger partial charge is 0.323 e. The van der Waals surface area contributed by atoms with Gasteiger partial charge in [-0.25, -0.2) is 0 Å². The molecule has 0 aromatic heterocycles. The second-order valence-electron chi connectivity index (χ2n) is 8.09. The van der Waals surface area contributed by atoms with E-state index in [-0.39, 0.29) is 17.9 Å². The van der Waals surface area contributed by atoms with Crippen LogP contribution in [0.3, 0.4) is 0 Å². The van der Waals surface area contributed by atoms with Gasteiger partial charge >= 0.3 is 11.9 Å². The highest BCUT2D eigenvalue weighted by atomic mass is 16.5. The summed E-state index contributed by atoms with van der Waals surface area (Å²) in [5.41, 5.74) is 4.92. The highest BCUT2D eigenvalue weighted by molar-refractivity contribution is 6.00. The molecule has 30 heavy (non-hydrogen) atoms. The Balaban J connectivity index is 1.80. The molecule has 164 valence electrons. The molecule has 9 nitrogen and oxygen atoms in total. The Morgan fingerprint density at radius 1 is 1.27 bits per heavy atom. The number of carbonyl (C=O) groups is 3. The summed E-state index contributed by atoms with van der Waals surface area (Å²) in [5, 5.41) is 22.4. The zero-order chi connectivity index (χ0) is 21.7. The number of carboxylic acid groups (broad SMARTS) is 2. The fourth-order valence-corrected chi connectivity index (χ4v) is 4.33. The topological polar surface area (TPSA) is 142 Å². The lowest BCUT2D eigenvalue weighted by Gasteiger charge is -2.34. The van der Waals surface area contributed by atoms with Crippen LogP contribution in [0.1, 0.15) is 38.5 Å². The molecule has 0 spiro atoms. The minimum absolute atomic E-state index is 0.205. The first-order valence-electron chi connectivity index (χ1n) is 10.3. The van der Waals surface area contributed by atoms with E-state index >= 15 is 0 Å². The number of hydrogen-bond donors (Lipinski definition) is 4. The standard InChI is InChI=1S/C21H29N3O6/c22-21(15(20(28)29)5-3-4-14-8-10-23-11-9-14)12-18(25)24(13-19(26)27)16-6-1-2-7-17(16)30-21/h1-2,6-7,14-15,23H,3-5,8-13,22H2,(H,26,27)(H,28,29)/t15?,21-/m0/s1. The van der Waals surface area contributed by atoms with Crippen LogP contribution >= 0.6 is 0 Å². The number of amides is 1. The number of aliphatic carboxylic acids is 2. The normalized spacial score (nSPS) is 23.2. The largest absolute Gasteiger partial charge is 0.481 e. The van der Waals surface area contributed by atoms with Crippen molar-refractivity contribution in [1.29, 1.82) is 0 Å². The molecular formula is C21H29N3O6. The number of para-hydroxylation sites is 2. The van der Waals surface area contributed by atoms with E-state index in [0.29, 0.717) is 12.3 Å². The minimum atomic E-state index is -1.76. The zero-order valence-corrected chi connectivity index (χ0v) is 16.9. The van der Waals surface area contributed by atoms with Gasteiger partial charge in [-0.05, 0) is 50.4 Å². The van der Waals surface area contributed by atoms with Gasteiger partial charge in [0.1, 0.15) is 18.2 Å². The van der Waals surface area contributed by atoms with Crippen LogP contribution in [0, 0.1) is 11.8 Å². The van der Waals surface area contributed by atoms with Crippen LogP contribution in [0.15, 0.2) is 24.3 Å². The molecule has 1 fully saturated rings. The first kappa shape index (κ1) is 22.0. The Bertz CT molecular complexity index is 795. The van der Waals surface area contributed by atoms with Crippen molar-refractivity contribution in [3.8, 4) is 5.75 Å². The first-order valence-corrected chi connectivity index (χ1v) is 10.3. The number of nitrogens with zero attached hydrogens (tertiary/aromatic N) is 1. The molecule has 1 unspecified atom stereocenters. The van der Waals surface area contributed by atoms with Crippen molar-refractivity contribution in [2.24, 2.45) is 17.6 Å². The van der Waals surface area contributed by atoms with Crippen molar-refractivity contribution < 1.29 is 29.3 Å². The number of fused-ring (bicyclic) bond motifs is 1. The van der Waals surface area contributed by atoms with Gasteiger partial charge in [0.25, 0.3) is 0 Å².